The fraction of sp³-hybridized carbons (Fsp3) is 0. The number of hydrogen-bond acceptors (Lipinski definition) is 1. The molecule has 0 heterocycles. The second kappa shape index (κ2) is 4.27. The van der Waals surface area contributed by atoms with Crippen molar-refractivity contribution in [1.29, 1.82) is 0 Å². The van der Waals surface area contributed by atoms with Crippen LogP contribution in [-0.2, 0) is 17.1 Å². The van der Waals surface area contributed by atoms with Crippen LogP contribution < -0.4 is 0 Å². The molecule has 0 aliphatic carbocycles. The van der Waals surface area contributed by atoms with Gasteiger partial charge in [-0.05, 0) is 16.8 Å². The Morgan fingerprint density at radius 2 is 1.64 bits per heavy atom. The van der Waals surface area contributed by atoms with Crippen molar-refractivity contribution in [2.24, 2.45) is 0 Å². The van der Waals surface area contributed by atoms with Gasteiger partial charge in [0.1, 0.15) is 0 Å². The summed E-state index contributed by atoms with van der Waals surface area (Å²) >= 11 is 0. The second-order valence-corrected chi connectivity index (χ2v) is 2.83. The summed E-state index contributed by atoms with van der Waals surface area (Å²) in [7, 11) is 0. The molecular weight excluding hydrogens is 219 g/mol. The molecular formula is C11H8MnO2. The molecule has 3 heteroatoms. The van der Waals surface area contributed by atoms with E-state index in [9.17, 15) is 4.79 Å². The summed E-state index contributed by atoms with van der Waals surface area (Å²) < 4.78 is 0. The standard InChI is InChI=1S/C11H8O2.Mn/c12-11(13)10-7-3-5-8-4-1-2-6-9(8)10;/h1-7H,(H,12,13);. The predicted octanol–water partition coefficient (Wildman–Crippen LogP) is 2.54. The van der Waals surface area contributed by atoms with Gasteiger partial charge in [-0.2, -0.15) is 0 Å². The first-order valence-corrected chi connectivity index (χ1v) is 4.00. The number of fused-ring (bicyclic) bond motifs is 1. The van der Waals surface area contributed by atoms with Gasteiger partial charge in [-0.25, -0.2) is 4.79 Å². The summed E-state index contributed by atoms with van der Waals surface area (Å²) in [5.41, 5.74) is 0.359. The first kappa shape index (κ1) is 10.8. The van der Waals surface area contributed by atoms with Crippen molar-refractivity contribution in [1.82, 2.24) is 0 Å². The molecule has 0 unspecified atom stereocenters. The normalized spacial score (nSPS) is 9.43. The molecule has 2 rings (SSSR count). The molecule has 0 spiro atoms. The zero-order valence-corrected chi connectivity index (χ0v) is 8.46. The van der Waals surface area contributed by atoms with Gasteiger partial charge >= 0.3 is 5.97 Å². The molecule has 14 heavy (non-hydrogen) atoms. The average Bonchev–Trinajstić information content (AvgIpc) is 2.17. The van der Waals surface area contributed by atoms with Crippen molar-refractivity contribution in [2.45, 2.75) is 0 Å². The third-order valence-corrected chi connectivity index (χ3v) is 2.02. The minimum Gasteiger partial charge on any atom is -0.478 e. The zero-order valence-electron chi connectivity index (χ0n) is 7.27. The van der Waals surface area contributed by atoms with Crippen LogP contribution >= 0.6 is 0 Å². The van der Waals surface area contributed by atoms with E-state index < -0.39 is 5.97 Å². The van der Waals surface area contributed by atoms with Gasteiger partial charge < -0.3 is 5.11 Å². The van der Waals surface area contributed by atoms with Crippen LogP contribution in [-0.4, -0.2) is 11.1 Å². The molecule has 2 aromatic carbocycles. The van der Waals surface area contributed by atoms with E-state index in [4.69, 9.17) is 5.11 Å². The van der Waals surface area contributed by atoms with Crippen molar-refractivity contribution in [2.75, 3.05) is 0 Å². The first-order chi connectivity index (χ1) is 6.29. The van der Waals surface area contributed by atoms with E-state index in [-0.39, 0.29) is 17.1 Å². The number of rotatable bonds is 1. The van der Waals surface area contributed by atoms with Crippen LogP contribution in [0.1, 0.15) is 10.4 Å². The summed E-state index contributed by atoms with van der Waals surface area (Å²) in [5.74, 6) is -0.878. The van der Waals surface area contributed by atoms with E-state index in [1.54, 1.807) is 12.1 Å². The van der Waals surface area contributed by atoms with Gasteiger partial charge in [0, 0.05) is 17.1 Å². The van der Waals surface area contributed by atoms with E-state index in [1.807, 2.05) is 30.3 Å². The largest absolute Gasteiger partial charge is 0.478 e. The number of hydrogen-bond donors (Lipinski definition) is 1. The number of carboxylic acid groups (broad SMARTS) is 1. The van der Waals surface area contributed by atoms with Gasteiger partial charge in [0.25, 0.3) is 0 Å². The van der Waals surface area contributed by atoms with Crippen LogP contribution in [0.5, 0.6) is 0 Å². The third kappa shape index (κ3) is 1.79. The third-order valence-electron chi connectivity index (χ3n) is 2.02. The molecule has 0 amide bonds. The molecule has 1 N–H and O–H groups in total. The van der Waals surface area contributed by atoms with Gasteiger partial charge in [0.05, 0.1) is 5.56 Å². The Labute approximate surface area is 92.0 Å². The Bertz CT molecular complexity index is 460. The maximum atomic E-state index is 10.8. The maximum absolute atomic E-state index is 10.8. The van der Waals surface area contributed by atoms with Crippen LogP contribution in [0, 0.1) is 0 Å². The van der Waals surface area contributed by atoms with E-state index in [2.05, 4.69) is 0 Å². The van der Waals surface area contributed by atoms with Crippen molar-refractivity contribution in [3.8, 4) is 0 Å². The minimum absolute atomic E-state index is 0. The molecule has 1 radical (unpaired) electrons. The molecule has 0 bridgehead atoms. The Balaban J connectivity index is 0.000000980. The predicted molar refractivity (Wildman–Crippen MR) is 50.9 cm³/mol. The summed E-state index contributed by atoms with van der Waals surface area (Å²) in [6.45, 7) is 0. The molecule has 0 aliphatic rings. The quantitative estimate of drug-likeness (QED) is 0.760. The molecule has 2 aromatic rings. The molecule has 0 saturated heterocycles. The first-order valence-electron chi connectivity index (χ1n) is 4.00. The van der Waals surface area contributed by atoms with E-state index in [1.165, 1.54) is 0 Å². The van der Waals surface area contributed by atoms with Crippen LogP contribution in [0.3, 0.4) is 0 Å². The van der Waals surface area contributed by atoms with Gasteiger partial charge in [-0.1, -0.05) is 36.4 Å². The Morgan fingerprint density at radius 1 is 1.00 bits per heavy atom. The molecule has 0 saturated carbocycles. The van der Waals surface area contributed by atoms with Crippen molar-refractivity contribution in [3.63, 3.8) is 0 Å². The molecule has 2 nitrogen and oxygen atoms in total. The van der Waals surface area contributed by atoms with Crippen LogP contribution in [0.2, 0.25) is 0 Å². The fourth-order valence-electron chi connectivity index (χ4n) is 1.41. The number of aromatic carboxylic acids is 1. The summed E-state index contributed by atoms with van der Waals surface area (Å²) in [5, 5.41) is 10.6. The zero-order chi connectivity index (χ0) is 9.26. The smallest absolute Gasteiger partial charge is 0.336 e. The van der Waals surface area contributed by atoms with Crippen LogP contribution in [0.4, 0.5) is 0 Å². The van der Waals surface area contributed by atoms with Gasteiger partial charge in [-0.3, -0.25) is 0 Å². The van der Waals surface area contributed by atoms with Crippen molar-refractivity contribution < 1.29 is 27.0 Å². The Morgan fingerprint density at radius 3 is 2.36 bits per heavy atom. The SMILES string of the molecule is O=C(O)c1cccc2ccccc12.[Mn]. The van der Waals surface area contributed by atoms with Gasteiger partial charge in [0.2, 0.25) is 0 Å². The molecule has 0 aliphatic heterocycles. The maximum Gasteiger partial charge on any atom is 0.336 e. The second-order valence-electron chi connectivity index (χ2n) is 2.83. The van der Waals surface area contributed by atoms with Crippen molar-refractivity contribution in [3.05, 3.63) is 48.0 Å². The Hall–Kier alpha value is -1.31. The number of carboxylic acids is 1. The molecule has 0 aromatic heterocycles. The van der Waals surface area contributed by atoms with E-state index in [0.29, 0.717) is 5.56 Å². The van der Waals surface area contributed by atoms with Crippen LogP contribution in [0.25, 0.3) is 10.8 Å². The average molecular weight is 227 g/mol. The Kier molecular flexibility index (Phi) is 3.28. The number of benzene rings is 2. The summed E-state index contributed by atoms with van der Waals surface area (Å²) in [6.07, 6.45) is 0. The summed E-state index contributed by atoms with van der Waals surface area (Å²) in [4.78, 5) is 10.8. The summed E-state index contributed by atoms with van der Waals surface area (Å²) in [6, 6.07) is 12.7. The van der Waals surface area contributed by atoms with E-state index in [0.717, 1.165) is 10.8 Å². The molecule has 71 valence electrons. The monoisotopic (exact) mass is 227 g/mol. The number of carbonyl (C=O) groups is 1. The van der Waals surface area contributed by atoms with E-state index >= 15 is 0 Å². The van der Waals surface area contributed by atoms with Crippen LogP contribution in [0.15, 0.2) is 42.5 Å². The topological polar surface area (TPSA) is 37.3 Å². The minimum atomic E-state index is -0.878. The van der Waals surface area contributed by atoms with Crippen molar-refractivity contribution >= 4 is 16.7 Å². The van der Waals surface area contributed by atoms with Gasteiger partial charge in [0.15, 0.2) is 0 Å². The molecule has 0 fully saturated rings. The van der Waals surface area contributed by atoms with Gasteiger partial charge in [-0.15, -0.1) is 0 Å². The fourth-order valence-corrected chi connectivity index (χ4v) is 1.41. The molecule has 0 atom stereocenters.